The third-order valence-electron chi connectivity index (χ3n) is 3.36. The quantitative estimate of drug-likeness (QED) is 0.717. The molecule has 1 heterocycles. The summed E-state index contributed by atoms with van der Waals surface area (Å²) in [6.07, 6.45) is 0. The maximum Gasteiger partial charge on any atom is 0.0503 e. The highest BCUT2D eigenvalue weighted by molar-refractivity contribution is 5.21. The lowest BCUT2D eigenvalue weighted by Crippen LogP contribution is -2.39. The molecule has 0 aliphatic carbocycles. The molecular weight excluding hydrogens is 198 g/mol. The van der Waals surface area contributed by atoms with E-state index in [1.54, 1.807) is 0 Å². The van der Waals surface area contributed by atoms with Crippen LogP contribution in [0.15, 0.2) is 30.3 Å². The molecule has 3 unspecified atom stereocenters. The van der Waals surface area contributed by atoms with E-state index in [2.05, 4.69) is 60.3 Å². The molecule has 3 nitrogen and oxygen atoms in total. The van der Waals surface area contributed by atoms with E-state index in [4.69, 9.17) is 0 Å². The first-order chi connectivity index (χ1) is 7.83. The fourth-order valence-electron chi connectivity index (χ4n) is 2.28. The van der Waals surface area contributed by atoms with E-state index in [0.29, 0.717) is 18.0 Å². The van der Waals surface area contributed by atoms with Crippen molar-refractivity contribution in [2.24, 2.45) is 5.92 Å². The van der Waals surface area contributed by atoms with Gasteiger partial charge in [-0.3, -0.25) is 5.43 Å². The number of hydrogen-bond acceptors (Lipinski definition) is 3. The van der Waals surface area contributed by atoms with Crippen molar-refractivity contribution in [2.75, 3.05) is 13.1 Å². The topological polar surface area (TPSA) is 36.1 Å². The molecule has 16 heavy (non-hydrogen) atoms. The van der Waals surface area contributed by atoms with Crippen LogP contribution in [0, 0.1) is 5.92 Å². The zero-order valence-electron chi connectivity index (χ0n) is 10.0. The summed E-state index contributed by atoms with van der Waals surface area (Å²) in [5, 5.41) is 3.39. The molecule has 3 N–H and O–H groups in total. The van der Waals surface area contributed by atoms with Gasteiger partial charge in [-0.15, -0.1) is 0 Å². The van der Waals surface area contributed by atoms with Crippen molar-refractivity contribution in [3.8, 4) is 0 Å². The highest BCUT2D eigenvalue weighted by Gasteiger charge is 2.32. The van der Waals surface area contributed by atoms with Crippen molar-refractivity contribution in [2.45, 2.75) is 25.9 Å². The maximum absolute atomic E-state index is 3.39. The third kappa shape index (κ3) is 2.43. The summed E-state index contributed by atoms with van der Waals surface area (Å²) >= 11 is 0. The van der Waals surface area contributed by atoms with Gasteiger partial charge in [-0.1, -0.05) is 44.2 Å². The smallest absolute Gasteiger partial charge is 0.0503 e. The number of rotatable bonds is 4. The Kier molecular flexibility index (Phi) is 3.93. The molecule has 0 bridgehead atoms. The van der Waals surface area contributed by atoms with Crippen LogP contribution in [-0.4, -0.2) is 19.1 Å². The second-order valence-corrected chi connectivity index (χ2v) is 4.45. The summed E-state index contributed by atoms with van der Waals surface area (Å²) in [5.41, 5.74) is 8.13. The SMILES string of the molecule is CCNCC1NNC(c2ccccc2)C1C. The van der Waals surface area contributed by atoms with Crippen LogP contribution < -0.4 is 16.2 Å². The molecular formula is C13H21N3. The summed E-state index contributed by atoms with van der Waals surface area (Å²) in [7, 11) is 0. The molecule has 3 heteroatoms. The molecule has 0 amide bonds. The van der Waals surface area contributed by atoms with Crippen LogP contribution >= 0.6 is 0 Å². The zero-order chi connectivity index (χ0) is 11.4. The van der Waals surface area contributed by atoms with E-state index in [0.717, 1.165) is 13.1 Å². The van der Waals surface area contributed by atoms with E-state index >= 15 is 0 Å². The Balaban J connectivity index is 1.99. The summed E-state index contributed by atoms with van der Waals surface area (Å²) in [5.74, 6) is 0.599. The Bertz CT molecular complexity index is 312. The van der Waals surface area contributed by atoms with Gasteiger partial charge in [0.2, 0.25) is 0 Å². The molecule has 0 spiro atoms. The second kappa shape index (κ2) is 5.43. The minimum absolute atomic E-state index is 0.421. The first-order valence-corrected chi connectivity index (χ1v) is 6.09. The summed E-state index contributed by atoms with van der Waals surface area (Å²) in [6, 6.07) is 11.6. The van der Waals surface area contributed by atoms with Gasteiger partial charge < -0.3 is 5.32 Å². The Morgan fingerprint density at radius 1 is 1.19 bits per heavy atom. The lowest BCUT2D eigenvalue weighted by atomic mass is 9.91. The predicted octanol–water partition coefficient (Wildman–Crippen LogP) is 1.45. The van der Waals surface area contributed by atoms with Gasteiger partial charge in [-0.2, -0.15) is 0 Å². The second-order valence-electron chi connectivity index (χ2n) is 4.45. The van der Waals surface area contributed by atoms with Crippen LogP contribution in [0.5, 0.6) is 0 Å². The van der Waals surface area contributed by atoms with E-state index in [9.17, 15) is 0 Å². The summed E-state index contributed by atoms with van der Waals surface area (Å²) in [6.45, 7) is 6.49. The molecule has 1 saturated heterocycles. The normalized spacial score (nSPS) is 29.5. The van der Waals surface area contributed by atoms with Gasteiger partial charge in [0.1, 0.15) is 0 Å². The molecule has 3 atom stereocenters. The van der Waals surface area contributed by atoms with Crippen LogP contribution in [0.1, 0.15) is 25.5 Å². The van der Waals surface area contributed by atoms with E-state index in [-0.39, 0.29) is 0 Å². The minimum Gasteiger partial charge on any atom is -0.315 e. The van der Waals surface area contributed by atoms with Gasteiger partial charge in [0.05, 0.1) is 6.04 Å². The number of hydrogen-bond donors (Lipinski definition) is 3. The lowest BCUT2D eigenvalue weighted by molar-refractivity contribution is 0.432. The van der Waals surface area contributed by atoms with Crippen molar-refractivity contribution in [1.29, 1.82) is 0 Å². The first-order valence-electron chi connectivity index (χ1n) is 6.09. The molecule has 0 saturated carbocycles. The molecule has 2 rings (SSSR count). The monoisotopic (exact) mass is 219 g/mol. The van der Waals surface area contributed by atoms with E-state index < -0.39 is 0 Å². The van der Waals surface area contributed by atoms with Crippen molar-refractivity contribution in [3.05, 3.63) is 35.9 Å². The van der Waals surface area contributed by atoms with Gasteiger partial charge in [0.15, 0.2) is 0 Å². The number of benzene rings is 1. The van der Waals surface area contributed by atoms with Gasteiger partial charge in [0.25, 0.3) is 0 Å². The number of hydrazine groups is 1. The molecule has 0 radical (unpaired) electrons. The summed E-state index contributed by atoms with van der Waals surface area (Å²) in [4.78, 5) is 0. The van der Waals surface area contributed by atoms with Gasteiger partial charge in [0, 0.05) is 12.6 Å². The largest absolute Gasteiger partial charge is 0.315 e. The van der Waals surface area contributed by atoms with Crippen LogP contribution in [-0.2, 0) is 0 Å². The average molecular weight is 219 g/mol. The molecule has 88 valence electrons. The Labute approximate surface area is 97.6 Å². The van der Waals surface area contributed by atoms with Gasteiger partial charge >= 0.3 is 0 Å². The maximum atomic E-state index is 3.39. The highest BCUT2D eigenvalue weighted by atomic mass is 15.4. The van der Waals surface area contributed by atoms with E-state index in [1.807, 2.05) is 0 Å². The third-order valence-corrected chi connectivity index (χ3v) is 3.36. The number of nitrogens with one attached hydrogen (secondary N) is 3. The van der Waals surface area contributed by atoms with Crippen molar-refractivity contribution in [3.63, 3.8) is 0 Å². The molecule has 1 fully saturated rings. The van der Waals surface area contributed by atoms with Crippen LogP contribution in [0.3, 0.4) is 0 Å². The Morgan fingerprint density at radius 3 is 2.62 bits per heavy atom. The van der Waals surface area contributed by atoms with Gasteiger partial charge in [-0.05, 0) is 18.0 Å². The molecule has 1 aliphatic heterocycles. The standard InChI is InChI=1S/C13H21N3/c1-3-14-9-12-10(2)13(16-15-12)11-7-5-4-6-8-11/h4-8,10,12-16H,3,9H2,1-2H3. The Hall–Kier alpha value is -0.900. The van der Waals surface area contributed by atoms with Gasteiger partial charge in [-0.25, -0.2) is 5.43 Å². The van der Waals surface area contributed by atoms with E-state index in [1.165, 1.54) is 5.56 Å². The molecule has 1 aliphatic rings. The predicted molar refractivity (Wildman–Crippen MR) is 67.0 cm³/mol. The molecule has 0 aromatic heterocycles. The number of likely N-dealkylation sites (N-methyl/N-ethyl adjacent to an activating group) is 1. The molecule has 1 aromatic rings. The van der Waals surface area contributed by atoms with Crippen LogP contribution in [0.25, 0.3) is 0 Å². The van der Waals surface area contributed by atoms with Crippen molar-refractivity contribution in [1.82, 2.24) is 16.2 Å². The fraction of sp³-hybridized carbons (Fsp3) is 0.538. The zero-order valence-corrected chi connectivity index (χ0v) is 10.0. The summed E-state index contributed by atoms with van der Waals surface area (Å²) < 4.78 is 0. The van der Waals surface area contributed by atoms with Crippen molar-refractivity contribution < 1.29 is 0 Å². The highest BCUT2D eigenvalue weighted by Crippen LogP contribution is 2.27. The van der Waals surface area contributed by atoms with Crippen molar-refractivity contribution >= 4 is 0 Å². The van der Waals surface area contributed by atoms with Crippen LogP contribution in [0.4, 0.5) is 0 Å². The Morgan fingerprint density at radius 2 is 1.94 bits per heavy atom. The first kappa shape index (κ1) is 11.6. The average Bonchev–Trinajstić information content (AvgIpc) is 2.69. The minimum atomic E-state index is 0.421. The molecule has 1 aromatic carbocycles. The van der Waals surface area contributed by atoms with Crippen LogP contribution in [0.2, 0.25) is 0 Å². The fourth-order valence-corrected chi connectivity index (χ4v) is 2.28. The lowest BCUT2D eigenvalue weighted by Gasteiger charge is -2.18.